The summed E-state index contributed by atoms with van der Waals surface area (Å²) in [4.78, 5) is 35.3. The van der Waals surface area contributed by atoms with E-state index >= 15 is 0 Å². The summed E-state index contributed by atoms with van der Waals surface area (Å²) in [5.41, 5.74) is 2.22. The summed E-state index contributed by atoms with van der Waals surface area (Å²) in [5, 5.41) is 2.82. The van der Waals surface area contributed by atoms with Gasteiger partial charge in [0.15, 0.2) is 5.69 Å². The van der Waals surface area contributed by atoms with Crippen molar-refractivity contribution in [3.05, 3.63) is 100 Å². The van der Waals surface area contributed by atoms with Crippen LogP contribution in [0.1, 0.15) is 21.8 Å². The molecule has 10 heteroatoms. The number of oxazole rings is 1. The van der Waals surface area contributed by atoms with Gasteiger partial charge in [0.25, 0.3) is 5.91 Å². The van der Waals surface area contributed by atoms with E-state index in [0.29, 0.717) is 17.3 Å². The van der Waals surface area contributed by atoms with Crippen LogP contribution in [0.5, 0.6) is 5.75 Å². The van der Waals surface area contributed by atoms with Gasteiger partial charge in [0.2, 0.25) is 5.89 Å². The number of carbonyl (C=O) groups is 1. The number of carbonyl (C=O) groups excluding carboxylic acids is 1. The summed E-state index contributed by atoms with van der Waals surface area (Å²) in [7, 11) is -4.64. The molecule has 0 fully saturated rings. The molecule has 3 N–H and O–H groups in total. The first kappa shape index (κ1) is 22.9. The van der Waals surface area contributed by atoms with Crippen LogP contribution in [-0.4, -0.2) is 20.7 Å². The molecular formula is C23H18BrN2O6P. The lowest BCUT2D eigenvalue weighted by molar-refractivity contribution is 0.102. The zero-order valence-corrected chi connectivity index (χ0v) is 19.5. The predicted octanol–water partition coefficient (Wildman–Crippen LogP) is 5.42. The van der Waals surface area contributed by atoms with Crippen molar-refractivity contribution in [3.8, 4) is 17.2 Å². The van der Waals surface area contributed by atoms with Crippen LogP contribution in [0.3, 0.4) is 0 Å². The van der Waals surface area contributed by atoms with Crippen molar-refractivity contribution in [1.82, 2.24) is 4.98 Å². The Hall–Kier alpha value is -3.23. The Bertz CT molecular complexity index is 1300. The summed E-state index contributed by atoms with van der Waals surface area (Å²) >= 11 is 3.36. The Morgan fingerprint density at radius 3 is 2.30 bits per heavy atom. The van der Waals surface area contributed by atoms with E-state index in [0.717, 1.165) is 15.6 Å². The van der Waals surface area contributed by atoms with Gasteiger partial charge in [0.05, 0.1) is 0 Å². The molecule has 0 aliphatic rings. The average molecular weight is 529 g/mol. The van der Waals surface area contributed by atoms with E-state index in [1.54, 1.807) is 24.3 Å². The number of hydrogen-bond acceptors (Lipinski definition) is 5. The summed E-state index contributed by atoms with van der Waals surface area (Å²) in [6.07, 6.45) is 0.235. The number of phosphoric acid groups is 1. The zero-order valence-electron chi connectivity index (χ0n) is 17.0. The number of anilines is 1. The molecule has 33 heavy (non-hydrogen) atoms. The van der Waals surface area contributed by atoms with Gasteiger partial charge in [-0.2, -0.15) is 0 Å². The van der Waals surface area contributed by atoms with E-state index in [1.165, 1.54) is 12.1 Å². The standard InChI is InChI=1S/C23H18BrN2O6P/c24-17-8-10-18(11-9-17)25-22(27)21-20(31-23(26-21)16-4-2-1-3-5-16)14-15-6-12-19(13-7-15)32-33(28,29)30/h1-13H,14H2,(H,25,27)(H2,28,29,30). The molecule has 0 unspecified atom stereocenters. The fourth-order valence-electron chi connectivity index (χ4n) is 3.07. The molecule has 4 aromatic rings. The van der Waals surface area contributed by atoms with Crippen LogP contribution in [0.25, 0.3) is 11.5 Å². The van der Waals surface area contributed by atoms with E-state index in [4.69, 9.17) is 14.2 Å². The Labute approximate surface area is 197 Å². The van der Waals surface area contributed by atoms with E-state index in [-0.39, 0.29) is 17.9 Å². The maximum atomic E-state index is 13.0. The first-order valence-corrected chi connectivity index (χ1v) is 12.1. The topological polar surface area (TPSA) is 122 Å². The molecule has 0 bridgehead atoms. The Kier molecular flexibility index (Phi) is 6.76. The second-order valence-electron chi connectivity index (χ2n) is 7.02. The van der Waals surface area contributed by atoms with Gasteiger partial charge in [-0.1, -0.05) is 46.3 Å². The fourth-order valence-corrected chi connectivity index (χ4v) is 3.73. The van der Waals surface area contributed by atoms with Crippen LogP contribution >= 0.6 is 23.8 Å². The molecule has 8 nitrogen and oxygen atoms in total. The monoisotopic (exact) mass is 528 g/mol. The lowest BCUT2D eigenvalue weighted by Gasteiger charge is -2.07. The number of nitrogens with one attached hydrogen (secondary N) is 1. The Morgan fingerprint density at radius 1 is 1.00 bits per heavy atom. The SMILES string of the molecule is O=C(Nc1ccc(Br)cc1)c1nc(-c2ccccc2)oc1Cc1ccc(OP(=O)(O)O)cc1. The first-order valence-electron chi connectivity index (χ1n) is 9.73. The average Bonchev–Trinajstić information content (AvgIpc) is 3.20. The van der Waals surface area contributed by atoms with Crippen LogP contribution < -0.4 is 9.84 Å². The summed E-state index contributed by atoms with van der Waals surface area (Å²) in [6, 6.07) is 22.5. The lowest BCUT2D eigenvalue weighted by Crippen LogP contribution is -2.14. The molecular weight excluding hydrogens is 511 g/mol. The Balaban J connectivity index is 1.62. The fraction of sp³-hybridized carbons (Fsp3) is 0.0435. The zero-order chi connectivity index (χ0) is 23.4. The van der Waals surface area contributed by atoms with Gasteiger partial charge in [-0.25, -0.2) is 9.55 Å². The highest BCUT2D eigenvalue weighted by Crippen LogP contribution is 2.37. The van der Waals surface area contributed by atoms with Crippen molar-refractivity contribution < 1.29 is 28.1 Å². The minimum atomic E-state index is -4.64. The number of halogens is 1. The third kappa shape index (κ3) is 6.18. The minimum Gasteiger partial charge on any atom is -0.440 e. The molecule has 0 aliphatic heterocycles. The molecule has 1 amide bonds. The Morgan fingerprint density at radius 2 is 1.67 bits per heavy atom. The van der Waals surface area contributed by atoms with Crippen molar-refractivity contribution >= 4 is 35.3 Å². The van der Waals surface area contributed by atoms with E-state index in [2.05, 4.69) is 30.8 Å². The number of aromatic nitrogens is 1. The quantitative estimate of drug-likeness (QED) is 0.274. The van der Waals surface area contributed by atoms with Crippen molar-refractivity contribution in [2.75, 3.05) is 5.32 Å². The molecule has 0 spiro atoms. The van der Waals surface area contributed by atoms with Crippen LogP contribution in [-0.2, 0) is 11.0 Å². The molecule has 4 rings (SSSR count). The third-order valence-electron chi connectivity index (χ3n) is 4.55. The number of phosphoric ester groups is 1. The molecule has 1 heterocycles. The van der Waals surface area contributed by atoms with Gasteiger partial charge >= 0.3 is 7.82 Å². The van der Waals surface area contributed by atoms with Crippen LogP contribution in [0.4, 0.5) is 5.69 Å². The highest BCUT2D eigenvalue weighted by molar-refractivity contribution is 9.10. The van der Waals surface area contributed by atoms with Crippen molar-refractivity contribution in [3.63, 3.8) is 0 Å². The summed E-state index contributed by atoms with van der Waals surface area (Å²) in [5.74, 6) is 0.280. The molecule has 168 valence electrons. The number of rotatable bonds is 7. The largest absolute Gasteiger partial charge is 0.524 e. The van der Waals surface area contributed by atoms with Crippen molar-refractivity contribution in [2.24, 2.45) is 0 Å². The molecule has 0 atom stereocenters. The highest BCUT2D eigenvalue weighted by Gasteiger charge is 2.22. The maximum Gasteiger partial charge on any atom is 0.524 e. The van der Waals surface area contributed by atoms with E-state index in [1.807, 2.05) is 42.5 Å². The highest BCUT2D eigenvalue weighted by atomic mass is 79.9. The molecule has 0 saturated carbocycles. The van der Waals surface area contributed by atoms with E-state index in [9.17, 15) is 9.36 Å². The molecule has 0 aliphatic carbocycles. The number of benzene rings is 3. The van der Waals surface area contributed by atoms with E-state index < -0.39 is 13.7 Å². The van der Waals surface area contributed by atoms with Crippen molar-refractivity contribution in [1.29, 1.82) is 0 Å². The van der Waals surface area contributed by atoms with Gasteiger partial charge in [-0.15, -0.1) is 0 Å². The van der Waals surface area contributed by atoms with Gasteiger partial charge < -0.3 is 14.3 Å². The maximum absolute atomic E-state index is 13.0. The number of amides is 1. The van der Waals surface area contributed by atoms with Crippen molar-refractivity contribution in [2.45, 2.75) is 6.42 Å². The van der Waals surface area contributed by atoms with Gasteiger partial charge in [0, 0.05) is 22.1 Å². The van der Waals surface area contributed by atoms with Gasteiger partial charge in [-0.05, 0) is 54.1 Å². The van der Waals surface area contributed by atoms with Gasteiger partial charge in [-0.3, -0.25) is 14.6 Å². The first-order chi connectivity index (χ1) is 15.8. The lowest BCUT2D eigenvalue weighted by atomic mass is 10.1. The predicted molar refractivity (Wildman–Crippen MR) is 126 cm³/mol. The molecule has 1 aromatic heterocycles. The van der Waals surface area contributed by atoms with Crippen LogP contribution in [0.15, 0.2) is 87.8 Å². The summed E-state index contributed by atoms with van der Waals surface area (Å²) in [6.45, 7) is 0. The number of nitrogens with zero attached hydrogens (tertiary/aromatic N) is 1. The van der Waals surface area contributed by atoms with Gasteiger partial charge in [0.1, 0.15) is 11.5 Å². The smallest absolute Gasteiger partial charge is 0.440 e. The summed E-state index contributed by atoms with van der Waals surface area (Å²) < 4.78 is 22.4. The second kappa shape index (κ2) is 9.72. The van der Waals surface area contributed by atoms with Crippen LogP contribution in [0, 0.1) is 0 Å². The third-order valence-corrected chi connectivity index (χ3v) is 5.52. The molecule has 0 radical (unpaired) electrons. The normalized spacial score (nSPS) is 11.2. The molecule has 0 saturated heterocycles. The van der Waals surface area contributed by atoms with Crippen LogP contribution in [0.2, 0.25) is 0 Å². The second-order valence-corrected chi connectivity index (χ2v) is 9.10. The number of hydrogen-bond donors (Lipinski definition) is 3. The molecule has 3 aromatic carbocycles. The minimum absolute atomic E-state index is 0.0304.